The van der Waals surface area contributed by atoms with E-state index in [0.717, 1.165) is 72.8 Å². The van der Waals surface area contributed by atoms with Crippen LogP contribution in [0.15, 0.2) is 158 Å². The molecule has 1 spiro atoms. The smallest absolute Gasteiger partial charge is 0.416 e. The summed E-state index contributed by atoms with van der Waals surface area (Å²) in [7, 11) is 1.65. The summed E-state index contributed by atoms with van der Waals surface area (Å²) in [6.07, 6.45) is 2.17. The second kappa shape index (κ2) is 15.0. The summed E-state index contributed by atoms with van der Waals surface area (Å²) in [5.41, 5.74) is 6.15. The molecule has 7 aromatic carbocycles. The summed E-state index contributed by atoms with van der Waals surface area (Å²) in [5, 5.41) is 1.85. The van der Waals surface area contributed by atoms with Crippen molar-refractivity contribution in [2.75, 3.05) is 7.11 Å². The van der Waals surface area contributed by atoms with E-state index in [-0.39, 0.29) is 10.8 Å². The van der Waals surface area contributed by atoms with Crippen molar-refractivity contribution < 1.29 is 22.6 Å². The molecule has 3 aliphatic rings. The molecule has 1 fully saturated rings. The first-order valence-corrected chi connectivity index (χ1v) is 22.5. The molecule has 328 valence electrons. The number of ether oxygens (including phenoxy) is 2. The number of hydrogen-bond donors (Lipinski definition) is 0. The van der Waals surface area contributed by atoms with Crippen molar-refractivity contribution in [1.82, 2.24) is 15.0 Å². The summed E-state index contributed by atoms with van der Waals surface area (Å²) >= 11 is 0. The Bertz CT molecular complexity index is 3140. The van der Waals surface area contributed by atoms with Gasteiger partial charge in [0, 0.05) is 44.2 Å². The van der Waals surface area contributed by atoms with Gasteiger partial charge in [-0.15, -0.1) is 0 Å². The zero-order valence-corrected chi connectivity index (χ0v) is 37.5. The normalized spacial score (nSPS) is 18.6. The molecule has 11 rings (SSSR count). The first-order chi connectivity index (χ1) is 31.7. The molecule has 2 heterocycles. The van der Waals surface area contributed by atoms with Gasteiger partial charge in [0.1, 0.15) is 11.5 Å². The van der Waals surface area contributed by atoms with E-state index < -0.39 is 22.8 Å². The summed E-state index contributed by atoms with van der Waals surface area (Å²) in [5.74, 6) is 3.11. The average molecular weight is 876 g/mol. The third-order valence-electron chi connectivity index (χ3n) is 13.9. The number of aromatic nitrogens is 3. The van der Waals surface area contributed by atoms with Crippen LogP contribution in [0.3, 0.4) is 0 Å². The van der Waals surface area contributed by atoms with E-state index in [0.29, 0.717) is 41.8 Å². The van der Waals surface area contributed by atoms with Crippen LogP contribution in [-0.2, 0) is 17.2 Å². The van der Waals surface area contributed by atoms with Gasteiger partial charge in [0.15, 0.2) is 23.1 Å². The van der Waals surface area contributed by atoms with Crippen LogP contribution in [0, 0.1) is 10.8 Å². The molecule has 0 amide bonds. The van der Waals surface area contributed by atoms with E-state index >= 15 is 0 Å². The van der Waals surface area contributed by atoms with Crippen LogP contribution >= 0.6 is 0 Å². The maximum Gasteiger partial charge on any atom is 0.416 e. The molecule has 0 N–H and O–H groups in total. The van der Waals surface area contributed by atoms with Gasteiger partial charge >= 0.3 is 6.18 Å². The number of methoxy groups -OCH3 is 1. The largest absolute Gasteiger partial charge is 0.497 e. The van der Waals surface area contributed by atoms with Crippen LogP contribution in [0.4, 0.5) is 13.2 Å². The van der Waals surface area contributed by atoms with Gasteiger partial charge in [0.25, 0.3) is 0 Å². The Labute approximate surface area is 383 Å². The van der Waals surface area contributed by atoms with Crippen LogP contribution in [0.1, 0.15) is 80.3 Å². The number of benzene rings is 7. The van der Waals surface area contributed by atoms with Crippen molar-refractivity contribution in [3.05, 3.63) is 191 Å². The van der Waals surface area contributed by atoms with Gasteiger partial charge in [-0.2, -0.15) is 13.2 Å². The molecule has 8 heteroatoms. The van der Waals surface area contributed by atoms with Gasteiger partial charge in [-0.05, 0) is 88.1 Å². The second-order valence-corrected chi connectivity index (χ2v) is 19.8. The van der Waals surface area contributed by atoms with Crippen LogP contribution < -0.4 is 9.47 Å². The highest BCUT2D eigenvalue weighted by molar-refractivity contribution is 6.08. The quantitative estimate of drug-likeness (QED) is 0.167. The molecule has 0 saturated heterocycles. The first-order valence-electron chi connectivity index (χ1n) is 22.5. The number of fused-ring (bicyclic) bond motifs is 10. The molecule has 5 nitrogen and oxygen atoms in total. The molecular formula is C58H48F3N3O2. The summed E-state index contributed by atoms with van der Waals surface area (Å²) in [4.78, 5) is 14.9. The number of halogens is 3. The van der Waals surface area contributed by atoms with Crippen molar-refractivity contribution in [2.45, 2.75) is 64.1 Å². The Kier molecular flexibility index (Phi) is 9.46. The first kappa shape index (κ1) is 41.6. The van der Waals surface area contributed by atoms with Gasteiger partial charge in [0.05, 0.1) is 12.7 Å². The van der Waals surface area contributed by atoms with Crippen molar-refractivity contribution >= 4 is 16.8 Å². The van der Waals surface area contributed by atoms with Gasteiger partial charge in [-0.3, -0.25) is 0 Å². The number of rotatable bonds is 6. The predicted octanol–water partition coefficient (Wildman–Crippen LogP) is 14.9. The SMILES string of the molecule is COc1ccc(C2(c3ccc(-c4nc(-c5ccccc5)nc(-c5ccccc5)n4)cc3)C=Cc3c4c(c5ccccc5c3O2)-c2ccc(C(F)(F)F)cc2C42CC(C)(C)CC(C)(C)C2)cc1. The van der Waals surface area contributed by atoms with Crippen molar-refractivity contribution in [3.8, 4) is 56.8 Å². The number of hydrogen-bond acceptors (Lipinski definition) is 5. The molecular weight excluding hydrogens is 828 g/mol. The van der Waals surface area contributed by atoms with E-state index in [9.17, 15) is 13.2 Å². The summed E-state index contributed by atoms with van der Waals surface area (Å²) < 4.78 is 57.3. The van der Waals surface area contributed by atoms with Crippen LogP contribution in [0.2, 0.25) is 0 Å². The highest BCUT2D eigenvalue weighted by Crippen LogP contribution is 2.67. The van der Waals surface area contributed by atoms with Gasteiger partial charge in [-0.25, -0.2) is 15.0 Å². The highest BCUT2D eigenvalue weighted by atomic mass is 19.4. The Morgan fingerprint density at radius 2 is 1.09 bits per heavy atom. The molecule has 0 radical (unpaired) electrons. The minimum atomic E-state index is -4.49. The van der Waals surface area contributed by atoms with E-state index in [1.54, 1.807) is 13.2 Å². The van der Waals surface area contributed by atoms with E-state index in [1.165, 1.54) is 12.1 Å². The number of alkyl halides is 3. The second-order valence-electron chi connectivity index (χ2n) is 19.8. The molecule has 66 heavy (non-hydrogen) atoms. The molecule has 8 aromatic rings. The van der Waals surface area contributed by atoms with E-state index in [4.69, 9.17) is 24.4 Å². The lowest BCUT2D eigenvalue weighted by Crippen LogP contribution is -2.44. The maximum atomic E-state index is 14.7. The molecule has 1 saturated carbocycles. The number of nitrogens with zero attached hydrogens (tertiary/aromatic N) is 3. The van der Waals surface area contributed by atoms with Gasteiger partial charge in [-0.1, -0.05) is 161 Å². The molecule has 1 unspecified atom stereocenters. The molecule has 1 aromatic heterocycles. The molecule has 1 atom stereocenters. The average Bonchev–Trinajstić information content (AvgIpc) is 3.58. The monoisotopic (exact) mass is 875 g/mol. The van der Waals surface area contributed by atoms with Crippen LogP contribution in [0.25, 0.3) is 62.1 Å². The Hall–Kier alpha value is -7.06. The minimum Gasteiger partial charge on any atom is -0.497 e. The lowest BCUT2D eigenvalue weighted by molar-refractivity contribution is -0.137. The van der Waals surface area contributed by atoms with Crippen molar-refractivity contribution in [3.63, 3.8) is 0 Å². The highest BCUT2D eigenvalue weighted by Gasteiger charge is 2.56. The van der Waals surface area contributed by atoms with Crippen molar-refractivity contribution in [2.24, 2.45) is 10.8 Å². The third kappa shape index (κ3) is 6.79. The Morgan fingerprint density at radius 3 is 1.64 bits per heavy atom. The fraction of sp³-hybridized carbons (Fsp3) is 0.224. The lowest BCUT2D eigenvalue weighted by atomic mass is 9.52. The topological polar surface area (TPSA) is 57.1 Å². The van der Waals surface area contributed by atoms with Gasteiger partial charge < -0.3 is 9.47 Å². The van der Waals surface area contributed by atoms with Gasteiger partial charge in [0.2, 0.25) is 0 Å². The maximum absolute atomic E-state index is 14.7. The van der Waals surface area contributed by atoms with Crippen LogP contribution in [-0.4, -0.2) is 22.1 Å². The van der Waals surface area contributed by atoms with E-state index in [1.807, 2.05) is 109 Å². The fourth-order valence-corrected chi connectivity index (χ4v) is 11.9. The molecule has 0 bridgehead atoms. The minimum absolute atomic E-state index is 0.163. The molecule has 1 aliphatic heterocycles. The standard InChI is InChI=1S/C58H48F3N3O2/c1-54(2)33-55(3,4)35-56(34-54)47-32-41(58(59,60)61)26-29-45(47)48-43-18-12-13-19-44(43)50-46(49(48)56)30-31-57(66-50,40-24-27-42(65-5)28-25-40)39-22-20-38(21-23-39)53-63-51(36-14-8-6-9-15-36)62-52(64-53)37-16-10-7-11-17-37/h6-32H,33-35H2,1-5H3. The summed E-state index contributed by atoms with van der Waals surface area (Å²) in [6.45, 7) is 9.06. The molecule has 2 aliphatic carbocycles. The summed E-state index contributed by atoms with van der Waals surface area (Å²) in [6, 6.07) is 48.6. The fourth-order valence-electron chi connectivity index (χ4n) is 11.9. The predicted molar refractivity (Wildman–Crippen MR) is 256 cm³/mol. The Balaban J connectivity index is 1.11. The Morgan fingerprint density at radius 1 is 0.576 bits per heavy atom. The zero-order chi connectivity index (χ0) is 45.6. The van der Waals surface area contributed by atoms with Crippen molar-refractivity contribution in [1.29, 1.82) is 0 Å². The van der Waals surface area contributed by atoms with Crippen LogP contribution in [0.5, 0.6) is 11.5 Å². The zero-order valence-electron chi connectivity index (χ0n) is 37.5. The van der Waals surface area contributed by atoms with E-state index in [2.05, 4.69) is 64.1 Å². The third-order valence-corrected chi connectivity index (χ3v) is 13.9. The lowest BCUT2D eigenvalue weighted by Gasteiger charge is -2.52.